The molecule has 0 aliphatic heterocycles. The monoisotopic (exact) mass is 283 g/mol. The number of carboxylic acids is 1. The minimum absolute atomic E-state index is 0.0523. The van der Waals surface area contributed by atoms with Gasteiger partial charge in [0.15, 0.2) is 0 Å². The second-order valence-electron chi connectivity index (χ2n) is 4.73. The van der Waals surface area contributed by atoms with Crippen LogP contribution in [0.5, 0.6) is 0 Å². The Labute approximate surface area is 112 Å². The van der Waals surface area contributed by atoms with Crippen molar-refractivity contribution in [3.8, 4) is 0 Å². The number of rotatable bonds is 5. The Morgan fingerprint density at radius 1 is 1.42 bits per heavy atom. The number of aromatic carboxylic acids is 1. The maximum atomic E-state index is 12.3. The second-order valence-corrected chi connectivity index (χ2v) is 6.73. The van der Waals surface area contributed by atoms with Crippen LogP contribution in [0.15, 0.2) is 23.1 Å². The predicted octanol–water partition coefficient (Wildman–Crippen LogP) is 1.73. The maximum absolute atomic E-state index is 12.3. The predicted molar refractivity (Wildman–Crippen MR) is 70.8 cm³/mol. The van der Waals surface area contributed by atoms with Gasteiger partial charge in [-0.1, -0.05) is 13.0 Å². The molecule has 1 N–H and O–H groups in total. The standard InChI is InChI=1S/C13H17NO4S/c1-3-9-4-7-11(8-12(9)13(15)16)19(17,18)14(2)10-5-6-10/h4,7-8,10H,3,5-6H2,1-2H3,(H,15,16). The van der Waals surface area contributed by atoms with Crippen molar-refractivity contribution in [1.29, 1.82) is 0 Å². The van der Waals surface area contributed by atoms with Gasteiger partial charge < -0.3 is 5.11 Å². The van der Waals surface area contributed by atoms with Gasteiger partial charge in [0.1, 0.15) is 0 Å². The Balaban J connectivity index is 2.45. The first-order valence-electron chi connectivity index (χ1n) is 6.22. The molecule has 1 aromatic carbocycles. The van der Waals surface area contributed by atoms with Crippen LogP contribution in [-0.2, 0) is 16.4 Å². The number of hydrogen-bond acceptors (Lipinski definition) is 3. The van der Waals surface area contributed by atoms with Gasteiger partial charge in [-0.25, -0.2) is 13.2 Å². The Hall–Kier alpha value is -1.40. The summed E-state index contributed by atoms with van der Waals surface area (Å²) in [6.45, 7) is 1.84. The zero-order valence-corrected chi connectivity index (χ0v) is 11.8. The number of sulfonamides is 1. The van der Waals surface area contributed by atoms with Crippen LogP contribution in [0, 0.1) is 0 Å². The Kier molecular flexibility index (Phi) is 3.64. The average Bonchev–Trinajstić information content (AvgIpc) is 3.21. The SMILES string of the molecule is CCc1ccc(S(=O)(=O)N(C)C2CC2)cc1C(=O)O. The van der Waals surface area contributed by atoms with Crippen molar-refractivity contribution in [2.45, 2.75) is 37.1 Å². The van der Waals surface area contributed by atoms with E-state index in [-0.39, 0.29) is 16.5 Å². The minimum Gasteiger partial charge on any atom is -0.478 e. The lowest BCUT2D eigenvalue weighted by atomic mass is 10.1. The molecular formula is C13H17NO4S. The van der Waals surface area contributed by atoms with Gasteiger partial charge in [-0.2, -0.15) is 4.31 Å². The number of hydrogen-bond donors (Lipinski definition) is 1. The van der Waals surface area contributed by atoms with Crippen LogP contribution in [0.3, 0.4) is 0 Å². The molecule has 1 fully saturated rings. The summed E-state index contributed by atoms with van der Waals surface area (Å²) >= 11 is 0. The maximum Gasteiger partial charge on any atom is 0.336 e. The minimum atomic E-state index is -3.59. The quantitative estimate of drug-likeness (QED) is 0.893. The lowest BCUT2D eigenvalue weighted by molar-refractivity contribution is 0.0695. The molecule has 0 amide bonds. The fourth-order valence-electron chi connectivity index (χ4n) is 2.02. The fourth-order valence-corrected chi connectivity index (χ4v) is 3.47. The van der Waals surface area contributed by atoms with Crippen LogP contribution in [0.25, 0.3) is 0 Å². The summed E-state index contributed by atoms with van der Waals surface area (Å²) in [5.41, 5.74) is 0.702. The van der Waals surface area contributed by atoms with Crippen LogP contribution in [0.1, 0.15) is 35.7 Å². The summed E-state index contributed by atoms with van der Waals surface area (Å²) in [4.78, 5) is 11.2. The van der Waals surface area contributed by atoms with Crippen LogP contribution in [0.2, 0.25) is 0 Å². The van der Waals surface area contributed by atoms with E-state index >= 15 is 0 Å². The Morgan fingerprint density at radius 3 is 2.53 bits per heavy atom. The molecule has 2 rings (SSSR count). The lowest BCUT2D eigenvalue weighted by Crippen LogP contribution is -2.29. The number of benzene rings is 1. The summed E-state index contributed by atoms with van der Waals surface area (Å²) < 4.78 is 26.0. The molecule has 0 unspecified atom stereocenters. The molecule has 104 valence electrons. The van der Waals surface area contributed by atoms with Crippen molar-refractivity contribution in [1.82, 2.24) is 4.31 Å². The van der Waals surface area contributed by atoms with E-state index in [4.69, 9.17) is 5.11 Å². The Bertz CT molecular complexity index is 605. The van der Waals surface area contributed by atoms with Crippen LogP contribution < -0.4 is 0 Å². The van der Waals surface area contributed by atoms with Gasteiger partial charge in [0.2, 0.25) is 10.0 Å². The number of aryl methyl sites for hydroxylation is 1. The molecule has 19 heavy (non-hydrogen) atoms. The lowest BCUT2D eigenvalue weighted by Gasteiger charge is -2.17. The normalized spacial score (nSPS) is 15.7. The highest BCUT2D eigenvalue weighted by atomic mass is 32.2. The molecule has 0 heterocycles. The molecule has 1 aromatic rings. The van der Waals surface area contributed by atoms with E-state index in [0.29, 0.717) is 12.0 Å². The molecule has 0 bridgehead atoms. The third-order valence-electron chi connectivity index (χ3n) is 3.43. The molecule has 1 aliphatic rings. The summed E-state index contributed by atoms with van der Waals surface area (Å²) in [6, 6.07) is 4.38. The topological polar surface area (TPSA) is 74.7 Å². The zero-order chi connectivity index (χ0) is 14.2. The van der Waals surface area contributed by atoms with Gasteiger partial charge in [0, 0.05) is 13.1 Å². The molecule has 6 heteroatoms. The summed E-state index contributed by atoms with van der Waals surface area (Å²) in [5, 5.41) is 9.14. The van der Waals surface area contributed by atoms with Gasteiger partial charge in [0.25, 0.3) is 0 Å². The van der Waals surface area contributed by atoms with Gasteiger partial charge in [0.05, 0.1) is 10.5 Å². The van der Waals surface area contributed by atoms with Crippen LogP contribution in [0.4, 0.5) is 0 Å². The van der Waals surface area contributed by atoms with E-state index in [1.54, 1.807) is 13.1 Å². The van der Waals surface area contributed by atoms with E-state index in [2.05, 4.69) is 0 Å². The summed E-state index contributed by atoms with van der Waals surface area (Å²) in [5.74, 6) is -1.09. The van der Waals surface area contributed by atoms with Gasteiger partial charge in [-0.05, 0) is 37.0 Å². The first-order valence-corrected chi connectivity index (χ1v) is 7.66. The molecule has 1 aliphatic carbocycles. The molecule has 0 saturated heterocycles. The average molecular weight is 283 g/mol. The molecule has 0 atom stereocenters. The van der Waals surface area contributed by atoms with E-state index < -0.39 is 16.0 Å². The molecule has 0 aromatic heterocycles. The number of carbonyl (C=O) groups is 1. The molecule has 5 nitrogen and oxygen atoms in total. The van der Waals surface area contributed by atoms with Crippen molar-refractivity contribution < 1.29 is 18.3 Å². The van der Waals surface area contributed by atoms with Crippen molar-refractivity contribution in [3.05, 3.63) is 29.3 Å². The van der Waals surface area contributed by atoms with Crippen molar-refractivity contribution in [2.24, 2.45) is 0 Å². The molecule has 0 radical (unpaired) electrons. The van der Waals surface area contributed by atoms with E-state index in [1.807, 2.05) is 6.92 Å². The fraction of sp³-hybridized carbons (Fsp3) is 0.462. The molecule has 0 spiro atoms. The summed E-state index contributed by atoms with van der Waals surface area (Å²) in [6.07, 6.45) is 2.30. The van der Waals surface area contributed by atoms with Gasteiger partial charge >= 0.3 is 5.97 Å². The van der Waals surface area contributed by atoms with Crippen molar-refractivity contribution in [3.63, 3.8) is 0 Å². The van der Waals surface area contributed by atoms with E-state index in [9.17, 15) is 13.2 Å². The van der Waals surface area contributed by atoms with Crippen LogP contribution >= 0.6 is 0 Å². The third kappa shape index (κ3) is 2.64. The van der Waals surface area contributed by atoms with E-state index in [0.717, 1.165) is 12.8 Å². The highest BCUT2D eigenvalue weighted by molar-refractivity contribution is 7.89. The molecule has 1 saturated carbocycles. The van der Waals surface area contributed by atoms with E-state index in [1.165, 1.54) is 16.4 Å². The largest absolute Gasteiger partial charge is 0.478 e. The third-order valence-corrected chi connectivity index (χ3v) is 5.34. The molecular weight excluding hydrogens is 266 g/mol. The van der Waals surface area contributed by atoms with Gasteiger partial charge in [-0.3, -0.25) is 0 Å². The number of carboxylic acid groups (broad SMARTS) is 1. The first-order chi connectivity index (χ1) is 8.87. The van der Waals surface area contributed by atoms with Crippen LogP contribution in [-0.4, -0.2) is 36.9 Å². The smallest absolute Gasteiger partial charge is 0.336 e. The first kappa shape index (κ1) is 14.0. The zero-order valence-electron chi connectivity index (χ0n) is 11.0. The summed E-state index contributed by atoms with van der Waals surface area (Å²) in [7, 11) is -2.04. The van der Waals surface area contributed by atoms with Gasteiger partial charge in [-0.15, -0.1) is 0 Å². The highest BCUT2D eigenvalue weighted by Crippen LogP contribution is 2.31. The Morgan fingerprint density at radius 2 is 2.05 bits per heavy atom. The number of nitrogens with zero attached hydrogens (tertiary/aromatic N) is 1. The van der Waals surface area contributed by atoms with Crippen molar-refractivity contribution in [2.75, 3.05) is 7.05 Å². The highest BCUT2D eigenvalue weighted by Gasteiger charge is 2.35. The second kappa shape index (κ2) is 4.94. The van der Waals surface area contributed by atoms with Crippen molar-refractivity contribution >= 4 is 16.0 Å².